The standard InChI is InChI=1S/C27H48O4/c1-6-8-10-14-23-20(4)21(15-17-27(23,5)16-9-7-2)18-31-26(30)22-13-11-12-19(3)24(22)25(28)29/h19-24H,6-18H2,1-5H3,(H,28,29). The summed E-state index contributed by atoms with van der Waals surface area (Å²) < 4.78 is 5.84. The summed E-state index contributed by atoms with van der Waals surface area (Å²) in [6.07, 6.45) is 13.7. The van der Waals surface area contributed by atoms with Crippen molar-refractivity contribution >= 4 is 11.9 Å². The lowest BCUT2D eigenvalue weighted by molar-refractivity contribution is -0.164. The van der Waals surface area contributed by atoms with Crippen molar-refractivity contribution in [1.29, 1.82) is 0 Å². The third kappa shape index (κ3) is 6.71. The third-order valence-electron chi connectivity index (χ3n) is 8.83. The maximum absolute atomic E-state index is 12.9. The van der Waals surface area contributed by atoms with Gasteiger partial charge in [-0.3, -0.25) is 9.59 Å². The molecule has 0 aromatic rings. The van der Waals surface area contributed by atoms with Crippen LogP contribution >= 0.6 is 0 Å². The van der Waals surface area contributed by atoms with Gasteiger partial charge in [-0.1, -0.05) is 73.1 Å². The third-order valence-corrected chi connectivity index (χ3v) is 8.83. The fourth-order valence-electron chi connectivity index (χ4n) is 6.67. The first-order chi connectivity index (χ1) is 14.7. The zero-order valence-corrected chi connectivity index (χ0v) is 20.8. The summed E-state index contributed by atoms with van der Waals surface area (Å²) in [4.78, 5) is 24.6. The van der Waals surface area contributed by atoms with Crippen LogP contribution in [0.4, 0.5) is 0 Å². The Morgan fingerprint density at radius 2 is 1.74 bits per heavy atom. The highest BCUT2D eigenvalue weighted by molar-refractivity contribution is 5.81. The lowest BCUT2D eigenvalue weighted by Gasteiger charge is -2.49. The van der Waals surface area contributed by atoms with Gasteiger partial charge in [0.25, 0.3) is 0 Å². The smallest absolute Gasteiger partial charge is 0.309 e. The molecule has 1 N–H and O–H groups in total. The minimum Gasteiger partial charge on any atom is -0.481 e. The molecule has 180 valence electrons. The number of rotatable bonds is 11. The van der Waals surface area contributed by atoms with Crippen LogP contribution < -0.4 is 0 Å². The van der Waals surface area contributed by atoms with Crippen LogP contribution in [0.3, 0.4) is 0 Å². The number of hydrogen-bond acceptors (Lipinski definition) is 3. The van der Waals surface area contributed by atoms with E-state index in [2.05, 4.69) is 27.7 Å². The fraction of sp³-hybridized carbons (Fsp3) is 0.926. The second-order valence-electron chi connectivity index (χ2n) is 11.0. The van der Waals surface area contributed by atoms with Crippen LogP contribution in [-0.2, 0) is 14.3 Å². The molecule has 0 spiro atoms. The molecule has 7 unspecified atom stereocenters. The highest BCUT2D eigenvalue weighted by Gasteiger charge is 2.45. The van der Waals surface area contributed by atoms with Crippen LogP contribution in [0.2, 0.25) is 0 Å². The van der Waals surface area contributed by atoms with Crippen LogP contribution in [0, 0.1) is 40.9 Å². The highest BCUT2D eigenvalue weighted by atomic mass is 16.5. The molecular formula is C27H48O4. The normalized spacial score (nSPS) is 36.2. The Morgan fingerprint density at radius 3 is 2.39 bits per heavy atom. The summed E-state index contributed by atoms with van der Waals surface area (Å²) >= 11 is 0. The van der Waals surface area contributed by atoms with Crippen molar-refractivity contribution in [1.82, 2.24) is 0 Å². The van der Waals surface area contributed by atoms with Gasteiger partial charge in [0.1, 0.15) is 0 Å². The number of carboxylic acid groups (broad SMARTS) is 1. The monoisotopic (exact) mass is 436 g/mol. The van der Waals surface area contributed by atoms with E-state index in [0.29, 0.717) is 36.2 Å². The van der Waals surface area contributed by atoms with Gasteiger partial charge in [-0.15, -0.1) is 0 Å². The van der Waals surface area contributed by atoms with Gasteiger partial charge in [-0.2, -0.15) is 0 Å². The molecule has 0 heterocycles. The predicted octanol–water partition coefficient (Wildman–Crippen LogP) is 7.11. The van der Waals surface area contributed by atoms with Crippen molar-refractivity contribution in [2.75, 3.05) is 6.61 Å². The Kier molecular flexibility index (Phi) is 10.4. The zero-order chi connectivity index (χ0) is 23.0. The predicted molar refractivity (Wildman–Crippen MR) is 126 cm³/mol. The fourth-order valence-corrected chi connectivity index (χ4v) is 6.67. The summed E-state index contributed by atoms with van der Waals surface area (Å²) in [5.74, 6) is -0.519. The van der Waals surface area contributed by atoms with E-state index in [1.165, 1.54) is 51.4 Å². The highest BCUT2D eigenvalue weighted by Crippen LogP contribution is 2.52. The first-order valence-electron chi connectivity index (χ1n) is 13.1. The van der Waals surface area contributed by atoms with Gasteiger partial charge in [-0.05, 0) is 67.6 Å². The van der Waals surface area contributed by atoms with Crippen LogP contribution in [0.15, 0.2) is 0 Å². The van der Waals surface area contributed by atoms with Gasteiger partial charge < -0.3 is 9.84 Å². The average Bonchev–Trinajstić information content (AvgIpc) is 2.73. The van der Waals surface area contributed by atoms with Gasteiger partial charge in [0.05, 0.1) is 18.4 Å². The second-order valence-corrected chi connectivity index (χ2v) is 11.0. The van der Waals surface area contributed by atoms with Gasteiger partial charge in [0.15, 0.2) is 0 Å². The molecular weight excluding hydrogens is 388 g/mol. The number of aliphatic carboxylic acids is 1. The van der Waals surface area contributed by atoms with E-state index < -0.39 is 17.8 Å². The number of carbonyl (C=O) groups is 2. The SMILES string of the molecule is CCCCCC1C(C)C(COC(=O)C2CCCC(C)C2C(=O)O)CCC1(C)CCCC. The molecule has 0 aliphatic heterocycles. The number of esters is 1. The lowest BCUT2D eigenvalue weighted by Crippen LogP contribution is -2.43. The topological polar surface area (TPSA) is 63.6 Å². The van der Waals surface area contributed by atoms with E-state index in [9.17, 15) is 14.7 Å². The van der Waals surface area contributed by atoms with Crippen molar-refractivity contribution in [2.24, 2.45) is 40.9 Å². The molecule has 2 aliphatic carbocycles. The van der Waals surface area contributed by atoms with E-state index in [1.807, 2.05) is 6.92 Å². The zero-order valence-electron chi connectivity index (χ0n) is 20.8. The number of ether oxygens (including phenoxy) is 1. The molecule has 0 radical (unpaired) electrons. The molecule has 31 heavy (non-hydrogen) atoms. The molecule has 2 saturated carbocycles. The number of unbranched alkanes of at least 4 members (excludes halogenated alkanes) is 3. The Morgan fingerprint density at radius 1 is 1.03 bits per heavy atom. The van der Waals surface area contributed by atoms with E-state index in [4.69, 9.17) is 4.74 Å². The Balaban J connectivity index is 2.01. The Labute approximate surface area is 190 Å². The van der Waals surface area contributed by atoms with Crippen molar-refractivity contribution < 1.29 is 19.4 Å². The van der Waals surface area contributed by atoms with Crippen LogP contribution in [0.1, 0.15) is 112 Å². The first-order valence-corrected chi connectivity index (χ1v) is 13.1. The van der Waals surface area contributed by atoms with Crippen molar-refractivity contribution in [3.8, 4) is 0 Å². The largest absolute Gasteiger partial charge is 0.481 e. The average molecular weight is 437 g/mol. The molecule has 2 rings (SSSR count). The molecule has 2 aliphatic rings. The summed E-state index contributed by atoms with van der Waals surface area (Å²) in [5.41, 5.74) is 0.400. The van der Waals surface area contributed by atoms with Crippen LogP contribution in [0.5, 0.6) is 0 Å². The van der Waals surface area contributed by atoms with Gasteiger partial charge >= 0.3 is 11.9 Å². The molecule has 7 atom stereocenters. The molecule has 0 bridgehead atoms. The number of carboxylic acids is 1. The summed E-state index contributed by atoms with van der Waals surface area (Å²) in [6.45, 7) is 11.8. The lowest BCUT2D eigenvalue weighted by atomic mass is 9.56. The molecule has 2 fully saturated rings. The summed E-state index contributed by atoms with van der Waals surface area (Å²) in [5, 5.41) is 9.65. The maximum Gasteiger partial charge on any atom is 0.309 e. The minimum absolute atomic E-state index is 0.0413. The quantitative estimate of drug-likeness (QED) is 0.277. The van der Waals surface area contributed by atoms with Crippen molar-refractivity contribution in [3.05, 3.63) is 0 Å². The minimum atomic E-state index is -0.845. The second kappa shape index (κ2) is 12.3. The number of hydrogen-bond donors (Lipinski definition) is 1. The van der Waals surface area contributed by atoms with Gasteiger partial charge in [0.2, 0.25) is 0 Å². The Bertz CT molecular complexity index is 574. The summed E-state index contributed by atoms with van der Waals surface area (Å²) in [7, 11) is 0. The molecule has 0 aromatic heterocycles. The molecule has 4 nitrogen and oxygen atoms in total. The Hall–Kier alpha value is -1.06. The van der Waals surface area contributed by atoms with E-state index >= 15 is 0 Å². The van der Waals surface area contributed by atoms with Crippen molar-refractivity contribution in [3.63, 3.8) is 0 Å². The van der Waals surface area contributed by atoms with Crippen LogP contribution in [0.25, 0.3) is 0 Å². The first kappa shape index (κ1) is 26.2. The van der Waals surface area contributed by atoms with Gasteiger partial charge in [-0.25, -0.2) is 0 Å². The van der Waals surface area contributed by atoms with E-state index in [-0.39, 0.29) is 11.9 Å². The summed E-state index contributed by atoms with van der Waals surface area (Å²) in [6, 6.07) is 0. The molecule has 0 aromatic carbocycles. The molecule has 4 heteroatoms. The molecule has 0 saturated heterocycles. The van der Waals surface area contributed by atoms with Crippen molar-refractivity contribution in [2.45, 2.75) is 112 Å². The number of carbonyl (C=O) groups excluding carboxylic acids is 1. The maximum atomic E-state index is 12.9. The van der Waals surface area contributed by atoms with E-state index in [1.54, 1.807) is 0 Å². The molecule has 0 amide bonds. The van der Waals surface area contributed by atoms with Crippen LogP contribution in [-0.4, -0.2) is 23.7 Å². The van der Waals surface area contributed by atoms with Gasteiger partial charge in [0, 0.05) is 0 Å². The van der Waals surface area contributed by atoms with E-state index in [0.717, 1.165) is 19.3 Å².